The number of carbonyl (C=O) groups is 2. The highest BCUT2D eigenvalue weighted by molar-refractivity contribution is 8.00. The summed E-state index contributed by atoms with van der Waals surface area (Å²) in [5, 5.41) is 0.186. The molecular formula is C18H21N3O4S. The van der Waals surface area contributed by atoms with Crippen LogP contribution in [-0.2, 0) is 11.3 Å². The fourth-order valence-electron chi connectivity index (χ4n) is 2.71. The number of carbonyl (C=O) groups excluding carboxylic acids is 2. The van der Waals surface area contributed by atoms with Crippen LogP contribution in [0, 0.1) is 20.8 Å². The molecule has 0 aliphatic carbocycles. The van der Waals surface area contributed by atoms with Crippen LogP contribution in [0.4, 0.5) is 0 Å². The number of nitrogens with one attached hydrogen (secondary N) is 1. The summed E-state index contributed by atoms with van der Waals surface area (Å²) in [6.45, 7) is 9.74. The minimum Gasteiger partial charge on any atom is -0.465 e. The first-order chi connectivity index (χ1) is 12.3. The largest absolute Gasteiger partial charge is 0.465 e. The SMILES string of the molecule is C=CCn1c(C)cc(C(=O)CSc2nc(=O)[nH]c(C)c2C(=O)OC)c1C. The smallest absolute Gasteiger partial charge is 0.346 e. The number of rotatable bonds is 7. The number of aromatic amines is 1. The van der Waals surface area contributed by atoms with Crippen LogP contribution in [0.25, 0.3) is 0 Å². The number of Topliss-reactive ketones (excluding diaryl/α,β-unsaturated/α-hetero) is 1. The number of ketones is 1. The van der Waals surface area contributed by atoms with Gasteiger partial charge in [0.1, 0.15) is 10.6 Å². The van der Waals surface area contributed by atoms with Gasteiger partial charge in [0.2, 0.25) is 0 Å². The Morgan fingerprint density at radius 2 is 2.08 bits per heavy atom. The summed E-state index contributed by atoms with van der Waals surface area (Å²) in [6.07, 6.45) is 1.77. The first kappa shape index (κ1) is 19.7. The first-order valence-electron chi connectivity index (χ1n) is 7.93. The quantitative estimate of drug-likeness (QED) is 0.263. The van der Waals surface area contributed by atoms with Crippen molar-refractivity contribution in [3.8, 4) is 0 Å². The predicted octanol–water partition coefficient (Wildman–Crippen LogP) is 2.44. The molecule has 0 fully saturated rings. The monoisotopic (exact) mass is 375 g/mol. The van der Waals surface area contributed by atoms with Gasteiger partial charge in [-0.25, -0.2) is 9.59 Å². The lowest BCUT2D eigenvalue weighted by atomic mass is 10.2. The number of methoxy groups -OCH3 is 1. The van der Waals surface area contributed by atoms with Gasteiger partial charge in [-0.15, -0.1) is 6.58 Å². The average molecular weight is 375 g/mol. The molecular weight excluding hydrogens is 354 g/mol. The molecule has 0 atom stereocenters. The van der Waals surface area contributed by atoms with Gasteiger partial charge >= 0.3 is 11.7 Å². The van der Waals surface area contributed by atoms with Crippen molar-refractivity contribution in [3.05, 3.63) is 57.4 Å². The number of thioether (sulfide) groups is 1. The van der Waals surface area contributed by atoms with Crippen LogP contribution in [0.3, 0.4) is 0 Å². The lowest BCUT2D eigenvalue weighted by Crippen LogP contribution is -2.19. The van der Waals surface area contributed by atoms with Crippen LogP contribution in [0.15, 0.2) is 28.5 Å². The number of nitrogens with zero attached hydrogens (tertiary/aromatic N) is 2. The van der Waals surface area contributed by atoms with E-state index in [2.05, 4.69) is 16.5 Å². The molecule has 2 aromatic rings. The minimum atomic E-state index is -0.606. The Balaban J connectivity index is 2.28. The molecule has 0 aliphatic rings. The molecule has 2 heterocycles. The number of esters is 1. The van der Waals surface area contributed by atoms with Gasteiger partial charge in [0, 0.05) is 29.2 Å². The van der Waals surface area contributed by atoms with Gasteiger partial charge in [0.15, 0.2) is 5.78 Å². The van der Waals surface area contributed by atoms with Gasteiger partial charge in [-0.1, -0.05) is 17.8 Å². The number of hydrogen-bond donors (Lipinski definition) is 1. The van der Waals surface area contributed by atoms with E-state index in [9.17, 15) is 14.4 Å². The molecule has 0 saturated carbocycles. The number of ether oxygens (including phenoxy) is 1. The van der Waals surface area contributed by atoms with Crippen molar-refractivity contribution < 1.29 is 14.3 Å². The Kier molecular flexibility index (Phi) is 6.20. The maximum Gasteiger partial charge on any atom is 0.346 e. The molecule has 0 bridgehead atoms. The van der Waals surface area contributed by atoms with E-state index < -0.39 is 11.7 Å². The van der Waals surface area contributed by atoms with E-state index in [1.807, 2.05) is 24.5 Å². The molecule has 0 aromatic carbocycles. The topological polar surface area (TPSA) is 94.0 Å². The van der Waals surface area contributed by atoms with Gasteiger partial charge < -0.3 is 14.3 Å². The fourth-order valence-corrected chi connectivity index (χ4v) is 3.66. The van der Waals surface area contributed by atoms with E-state index in [0.29, 0.717) is 17.8 Å². The number of H-pyrrole nitrogens is 1. The summed E-state index contributed by atoms with van der Waals surface area (Å²) in [4.78, 5) is 42.5. The average Bonchev–Trinajstić information content (AvgIpc) is 2.87. The van der Waals surface area contributed by atoms with Crippen LogP contribution in [0.2, 0.25) is 0 Å². The van der Waals surface area contributed by atoms with Crippen molar-refractivity contribution in [1.29, 1.82) is 0 Å². The molecule has 7 nitrogen and oxygen atoms in total. The molecule has 0 unspecified atom stereocenters. The van der Waals surface area contributed by atoms with Crippen molar-refractivity contribution in [1.82, 2.24) is 14.5 Å². The van der Waals surface area contributed by atoms with Crippen LogP contribution in [-0.4, -0.2) is 39.2 Å². The number of aromatic nitrogens is 3. The summed E-state index contributed by atoms with van der Waals surface area (Å²) in [6, 6.07) is 1.83. The molecule has 0 radical (unpaired) electrons. The zero-order valence-electron chi connectivity index (χ0n) is 15.2. The normalized spacial score (nSPS) is 10.6. The first-order valence-corrected chi connectivity index (χ1v) is 8.91. The predicted molar refractivity (Wildman–Crippen MR) is 100 cm³/mol. The van der Waals surface area contributed by atoms with Crippen LogP contribution in [0.5, 0.6) is 0 Å². The van der Waals surface area contributed by atoms with E-state index in [-0.39, 0.29) is 22.1 Å². The van der Waals surface area contributed by atoms with Crippen molar-refractivity contribution in [2.75, 3.05) is 12.9 Å². The molecule has 0 aliphatic heterocycles. The van der Waals surface area contributed by atoms with E-state index in [1.165, 1.54) is 7.11 Å². The Morgan fingerprint density at radius 1 is 1.38 bits per heavy atom. The molecule has 8 heteroatoms. The van der Waals surface area contributed by atoms with Crippen LogP contribution >= 0.6 is 11.8 Å². The summed E-state index contributed by atoms with van der Waals surface area (Å²) < 4.78 is 6.74. The molecule has 1 N–H and O–H groups in total. The molecule has 26 heavy (non-hydrogen) atoms. The van der Waals surface area contributed by atoms with E-state index >= 15 is 0 Å². The highest BCUT2D eigenvalue weighted by Crippen LogP contribution is 2.24. The molecule has 138 valence electrons. The van der Waals surface area contributed by atoms with Gasteiger partial charge in [-0.3, -0.25) is 4.79 Å². The Hall–Kier alpha value is -2.61. The van der Waals surface area contributed by atoms with Crippen molar-refractivity contribution in [2.45, 2.75) is 32.3 Å². The van der Waals surface area contributed by atoms with Crippen molar-refractivity contribution in [3.63, 3.8) is 0 Å². The van der Waals surface area contributed by atoms with Crippen LogP contribution in [0.1, 0.15) is 37.8 Å². The third-order valence-electron chi connectivity index (χ3n) is 4.00. The second kappa shape index (κ2) is 8.18. The van der Waals surface area contributed by atoms with E-state index in [0.717, 1.165) is 23.1 Å². The van der Waals surface area contributed by atoms with Crippen LogP contribution < -0.4 is 5.69 Å². The summed E-state index contributed by atoms with van der Waals surface area (Å²) in [5.74, 6) is -0.655. The highest BCUT2D eigenvalue weighted by atomic mass is 32.2. The van der Waals surface area contributed by atoms with Crippen molar-refractivity contribution in [2.24, 2.45) is 0 Å². The molecule has 0 spiro atoms. The number of hydrogen-bond acceptors (Lipinski definition) is 6. The molecule has 0 amide bonds. The third kappa shape index (κ3) is 3.96. The molecule has 2 rings (SSSR count). The van der Waals surface area contributed by atoms with E-state index in [1.54, 1.807) is 13.0 Å². The highest BCUT2D eigenvalue weighted by Gasteiger charge is 2.21. The second-order valence-electron chi connectivity index (χ2n) is 5.73. The standard InChI is InChI=1S/C18H21N3O4S/c1-6-7-21-10(2)8-13(12(21)4)14(22)9-26-16-15(17(23)25-5)11(3)19-18(24)20-16/h6,8H,1,7,9H2,2-5H3,(H,19,20,24). The van der Waals surface area contributed by atoms with Gasteiger partial charge in [0.25, 0.3) is 0 Å². The molecule has 2 aromatic heterocycles. The summed E-state index contributed by atoms with van der Waals surface area (Å²) in [7, 11) is 1.25. The second-order valence-corrected chi connectivity index (χ2v) is 6.70. The Bertz CT molecular complexity index is 927. The Labute approximate surface area is 155 Å². The van der Waals surface area contributed by atoms with Crippen molar-refractivity contribution >= 4 is 23.5 Å². The zero-order valence-corrected chi connectivity index (χ0v) is 16.0. The number of allylic oxidation sites excluding steroid dienone is 1. The lowest BCUT2D eigenvalue weighted by molar-refractivity contribution is 0.0594. The van der Waals surface area contributed by atoms with Gasteiger partial charge in [-0.05, 0) is 26.8 Å². The molecule has 0 saturated heterocycles. The maximum atomic E-state index is 12.6. The van der Waals surface area contributed by atoms with Gasteiger partial charge in [-0.2, -0.15) is 4.98 Å². The fraction of sp³-hybridized carbons (Fsp3) is 0.333. The van der Waals surface area contributed by atoms with E-state index in [4.69, 9.17) is 4.74 Å². The summed E-state index contributed by atoms with van der Waals surface area (Å²) >= 11 is 1.05. The Morgan fingerprint density at radius 3 is 2.69 bits per heavy atom. The third-order valence-corrected chi connectivity index (χ3v) is 4.98. The lowest BCUT2D eigenvalue weighted by Gasteiger charge is -2.09. The maximum absolute atomic E-state index is 12.6. The summed E-state index contributed by atoms with van der Waals surface area (Å²) in [5.41, 5.74) is 2.39. The zero-order chi connectivity index (χ0) is 19.4. The minimum absolute atomic E-state index is 0.0538. The number of aryl methyl sites for hydroxylation is 2. The van der Waals surface area contributed by atoms with Gasteiger partial charge in [0.05, 0.1) is 12.9 Å².